The molecule has 1 N–H and O–H groups in total. The smallest absolute Gasteiger partial charge is 0.238 e. The van der Waals surface area contributed by atoms with E-state index in [9.17, 15) is 4.79 Å². The van der Waals surface area contributed by atoms with Crippen molar-refractivity contribution in [3.05, 3.63) is 72.7 Å². The van der Waals surface area contributed by atoms with Crippen molar-refractivity contribution in [1.82, 2.24) is 19.5 Å². The molecule has 0 radical (unpaired) electrons. The van der Waals surface area contributed by atoms with Gasteiger partial charge in [0, 0.05) is 29.5 Å². The third-order valence-electron chi connectivity index (χ3n) is 5.18. The molecule has 8 heteroatoms. The van der Waals surface area contributed by atoms with Crippen molar-refractivity contribution in [3.63, 3.8) is 0 Å². The van der Waals surface area contributed by atoms with Gasteiger partial charge in [0.1, 0.15) is 18.9 Å². The molecule has 0 bridgehead atoms. The van der Waals surface area contributed by atoms with Crippen molar-refractivity contribution in [2.45, 2.75) is 12.5 Å². The molecule has 150 valence electrons. The van der Waals surface area contributed by atoms with Crippen molar-refractivity contribution in [3.8, 4) is 11.5 Å². The van der Waals surface area contributed by atoms with Crippen molar-refractivity contribution in [2.75, 3.05) is 19.0 Å². The normalized spacial score (nSPS) is 15.1. The maximum absolute atomic E-state index is 12.7. The van der Waals surface area contributed by atoms with Crippen molar-refractivity contribution in [1.29, 1.82) is 0 Å². The van der Waals surface area contributed by atoms with E-state index in [1.165, 1.54) is 6.33 Å². The van der Waals surface area contributed by atoms with Crippen LogP contribution in [-0.4, -0.2) is 39.1 Å². The lowest BCUT2D eigenvalue weighted by Crippen LogP contribution is -2.15. The molecular formula is C22H19N5O3. The minimum Gasteiger partial charge on any atom is -0.493 e. The summed E-state index contributed by atoms with van der Waals surface area (Å²) in [7, 11) is 1.59. The van der Waals surface area contributed by atoms with Gasteiger partial charge in [-0.05, 0) is 17.7 Å². The summed E-state index contributed by atoms with van der Waals surface area (Å²) in [6.45, 7) is 1.11. The Morgan fingerprint density at radius 2 is 2.07 bits per heavy atom. The average Bonchev–Trinajstić information content (AvgIpc) is 3.39. The zero-order chi connectivity index (χ0) is 20.5. The summed E-state index contributed by atoms with van der Waals surface area (Å²) in [6.07, 6.45) is 6.83. The van der Waals surface area contributed by atoms with E-state index >= 15 is 0 Å². The number of fused-ring (bicyclic) bond motifs is 2. The number of aromatic nitrogens is 4. The summed E-state index contributed by atoms with van der Waals surface area (Å²) >= 11 is 0. The maximum Gasteiger partial charge on any atom is 0.238 e. The highest BCUT2D eigenvalue weighted by molar-refractivity contribution is 6.06. The maximum atomic E-state index is 12.7. The zero-order valence-electron chi connectivity index (χ0n) is 16.3. The third kappa shape index (κ3) is 3.12. The first-order valence-corrected chi connectivity index (χ1v) is 9.55. The summed E-state index contributed by atoms with van der Waals surface area (Å²) in [5.74, 6) is 0.558. The molecule has 0 spiro atoms. The predicted molar refractivity (Wildman–Crippen MR) is 111 cm³/mol. The molecular weight excluding hydrogens is 382 g/mol. The molecule has 1 amide bonds. The highest BCUT2D eigenvalue weighted by atomic mass is 16.5. The number of nitrogens with zero attached hydrogens (tertiary/aromatic N) is 4. The van der Waals surface area contributed by atoms with Gasteiger partial charge in [-0.1, -0.05) is 18.2 Å². The van der Waals surface area contributed by atoms with Gasteiger partial charge >= 0.3 is 0 Å². The number of methoxy groups -OCH3 is 1. The summed E-state index contributed by atoms with van der Waals surface area (Å²) in [5, 5.41) is 3.69. The van der Waals surface area contributed by atoms with Gasteiger partial charge in [-0.2, -0.15) is 0 Å². The van der Waals surface area contributed by atoms with Gasteiger partial charge in [0.2, 0.25) is 5.91 Å². The number of benzene rings is 2. The number of hydrogen-bond donors (Lipinski definition) is 1. The Bertz CT molecular complexity index is 1220. The van der Waals surface area contributed by atoms with Gasteiger partial charge in [-0.25, -0.2) is 15.0 Å². The Morgan fingerprint density at radius 1 is 1.17 bits per heavy atom. The second-order valence-electron chi connectivity index (χ2n) is 6.94. The van der Waals surface area contributed by atoms with Crippen LogP contribution in [0.5, 0.6) is 11.5 Å². The summed E-state index contributed by atoms with van der Waals surface area (Å²) in [6, 6.07) is 11.3. The minimum atomic E-state index is -0.496. The Hall–Kier alpha value is -3.94. The first-order valence-electron chi connectivity index (χ1n) is 9.55. The number of nitrogens with one attached hydrogen (secondary N) is 1. The Labute approximate surface area is 172 Å². The third-order valence-corrected chi connectivity index (χ3v) is 5.18. The largest absolute Gasteiger partial charge is 0.493 e. The van der Waals surface area contributed by atoms with E-state index in [4.69, 9.17) is 9.47 Å². The fraction of sp³-hybridized carbons (Fsp3) is 0.182. The molecule has 1 unspecified atom stereocenters. The fourth-order valence-corrected chi connectivity index (χ4v) is 3.75. The standard InChI is InChI=1S/C22H19N5O3/c1-29-18-10-15-17(11-19(18)30-9-8-27-7-6-23-13-27)24-12-25-21(15)20-14-4-2-3-5-16(14)26-22(20)28/h2-7,10-13,20H,8-9H2,1H3,(H,26,28). The van der Waals surface area contributed by atoms with Crippen LogP contribution in [0.2, 0.25) is 0 Å². The Balaban J connectivity index is 1.51. The van der Waals surface area contributed by atoms with Crippen LogP contribution in [0.1, 0.15) is 17.2 Å². The van der Waals surface area contributed by atoms with E-state index in [2.05, 4.69) is 20.3 Å². The average molecular weight is 401 g/mol. The molecule has 0 aliphatic carbocycles. The molecule has 2 aromatic carbocycles. The predicted octanol–water partition coefficient (Wildman–Crippen LogP) is 3.00. The molecule has 3 heterocycles. The van der Waals surface area contributed by atoms with Gasteiger partial charge in [-0.15, -0.1) is 0 Å². The van der Waals surface area contributed by atoms with Crippen LogP contribution in [0.3, 0.4) is 0 Å². The van der Waals surface area contributed by atoms with Gasteiger partial charge in [0.25, 0.3) is 0 Å². The lowest BCUT2D eigenvalue weighted by molar-refractivity contribution is -0.116. The van der Waals surface area contributed by atoms with E-state index in [1.54, 1.807) is 19.6 Å². The van der Waals surface area contributed by atoms with Crippen LogP contribution in [0.25, 0.3) is 10.9 Å². The number of ether oxygens (including phenoxy) is 2. The van der Waals surface area contributed by atoms with Crippen molar-refractivity contribution < 1.29 is 14.3 Å². The monoisotopic (exact) mass is 401 g/mol. The topological polar surface area (TPSA) is 91.2 Å². The van der Waals surface area contributed by atoms with Gasteiger partial charge < -0.3 is 19.4 Å². The molecule has 1 atom stereocenters. The molecule has 4 aromatic rings. The summed E-state index contributed by atoms with van der Waals surface area (Å²) in [4.78, 5) is 25.6. The lowest BCUT2D eigenvalue weighted by atomic mass is 9.94. The number of anilines is 1. The zero-order valence-corrected chi connectivity index (χ0v) is 16.3. The second kappa shape index (κ2) is 7.47. The first kappa shape index (κ1) is 18.1. The molecule has 2 aromatic heterocycles. The lowest BCUT2D eigenvalue weighted by Gasteiger charge is -2.15. The molecule has 1 aliphatic heterocycles. The van der Waals surface area contributed by atoms with Crippen molar-refractivity contribution >= 4 is 22.5 Å². The number of hydrogen-bond acceptors (Lipinski definition) is 6. The summed E-state index contributed by atoms with van der Waals surface area (Å²) < 4.78 is 13.4. The van der Waals surface area contributed by atoms with Crippen LogP contribution in [0, 0.1) is 0 Å². The van der Waals surface area contributed by atoms with Crippen LogP contribution >= 0.6 is 0 Å². The van der Waals surface area contributed by atoms with E-state index in [1.807, 2.05) is 47.2 Å². The molecule has 30 heavy (non-hydrogen) atoms. The van der Waals surface area contributed by atoms with Gasteiger partial charge in [0.05, 0.1) is 31.2 Å². The SMILES string of the molecule is COc1cc2c(C3C(=O)Nc4ccccc43)ncnc2cc1OCCn1ccnc1. The molecule has 0 fully saturated rings. The van der Waals surface area contributed by atoms with E-state index in [0.29, 0.717) is 35.9 Å². The van der Waals surface area contributed by atoms with Crippen LogP contribution < -0.4 is 14.8 Å². The molecule has 8 nitrogen and oxygen atoms in total. The first-order chi connectivity index (χ1) is 14.7. The number of rotatable bonds is 6. The van der Waals surface area contributed by atoms with Gasteiger partial charge in [-0.3, -0.25) is 4.79 Å². The van der Waals surface area contributed by atoms with Crippen LogP contribution in [0.4, 0.5) is 5.69 Å². The quantitative estimate of drug-likeness (QED) is 0.534. The number of carbonyl (C=O) groups is 1. The van der Waals surface area contributed by atoms with Crippen LogP contribution in [0.15, 0.2) is 61.4 Å². The molecule has 0 saturated carbocycles. The minimum absolute atomic E-state index is 0.101. The van der Waals surface area contributed by atoms with E-state index in [0.717, 1.165) is 16.6 Å². The fourth-order valence-electron chi connectivity index (χ4n) is 3.75. The highest BCUT2D eigenvalue weighted by Crippen LogP contribution is 2.40. The summed E-state index contributed by atoms with van der Waals surface area (Å²) in [5.41, 5.74) is 3.05. The number of para-hydroxylation sites is 1. The van der Waals surface area contributed by atoms with Crippen molar-refractivity contribution in [2.24, 2.45) is 0 Å². The molecule has 1 aliphatic rings. The van der Waals surface area contributed by atoms with Crippen LogP contribution in [-0.2, 0) is 11.3 Å². The number of imidazole rings is 1. The van der Waals surface area contributed by atoms with E-state index in [-0.39, 0.29) is 5.91 Å². The Morgan fingerprint density at radius 3 is 2.90 bits per heavy atom. The van der Waals surface area contributed by atoms with Gasteiger partial charge in [0.15, 0.2) is 11.5 Å². The number of carbonyl (C=O) groups excluding carboxylic acids is 1. The highest BCUT2D eigenvalue weighted by Gasteiger charge is 2.34. The second-order valence-corrected chi connectivity index (χ2v) is 6.94. The molecule has 5 rings (SSSR count). The number of amides is 1. The molecule has 0 saturated heterocycles. The van der Waals surface area contributed by atoms with E-state index < -0.39 is 5.92 Å². The Kier molecular flexibility index (Phi) is 4.51.